The summed E-state index contributed by atoms with van der Waals surface area (Å²) < 4.78 is 0. The Morgan fingerprint density at radius 1 is 0.180 bits per heavy atom. The van der Waals surface area contributed by atoms with Gasteiger partial charge in [0, 0.05) is 96.7 Å². The lowest BCUT2D eigenvalue weighted by Crippen LogP contribution is -2.44. The summed E-state index contributed by atoms with van der Waals surface area (Å²) in [5.74, 6) is 3.46. The van der Waals surface area contributed by atoms with Crippen LogP contribution in [0.5, 0.6) is 0 Å². The summed E-state index contributed by atoms with van der Waals surface area (Å²) in [6, 6.07) is 11.6. The summed E-state index contributed by atoms with van der Waals surface area (Å²) in [5.41, 5.74) is 0. The van der Waals surface area contributed by atoms with Crippen molar-refractivity contribution in [1.29, 1.82) is 0 Å². The maximum atomic E-state index is 4.49. The van der Waals surface area contributed by atoms with Crippen molar-refractivity contribution in [1.82, 2.24) is 42.5 Å². The fraction of sp³-hybridized carbons (Fsp3) is 1.00. The van der Waals surface area contributed by atoms with Gasteiger partial charge in [0.15, 0.2) is 0 Å². The monoisotopic (exact) mass is 689 g/mol. The van der Waals surface area contributed by atoms with E-state index in [1.54, 1.807) is 0 Å². The smallest absolute Gasteiger partial charge is 0.0116 e. The highest BCUT2D eigenvalue weighted by molar-refractivity contribution is 5.12. The van der Waals surface area contributed by atoms with Crippen molar-refractivity contribution >= 4 is 0 Å². The summed E-state index contributed by atoms with van der Waals surface area (Å²) in [6.45, 7) is 0. The second-order valence-electron chi connectivity index (χ2n) is 20.6. The van der Waals surface area contributed by atoms with Gasteiger partial charge in [-0.3, -0.25) is 0 Å². The fourth-order valence-corrected chi connectivity index (χ4v) is 15.4. The van der Waals surface area contributed by atoms with E-state index < -0.39 is 0 Å². The molecular formula is C42H72N8. The highest BCUT2D eigenvalue weighted by atomic mass is 15.1. The molecule has 8 heteroatoms. The van der Waals surface area contributed by atoms with Crippen molar-refractivity contribution in [3.63, 3.8) is 0 Å². The van der Waals surface area contributed by atoms with E-state index in [0.717, 1.165) is 72.0 Å². The standard InChI is InChI=1S/C42H72N8/c1-2-24-14-28-6-10-32(46-28)18-40-36-22-38-37(21-35(36)39(49-40)17-31-9-5-27(45-31)13-23(1)43-24)41-19-33-11-7-29(47-33)15-25-3-4-26(44-25)16-30-8-12-34(48-30)20-42(38)50-41/h23-50H,1-22H2. The molecule has 0 spiro atoms. The molecule has 11 rings (SSSR count). The molecule has 20 atom stereocenters. The van der Waals surface area contributed by atoms with Crippen LogP contribution in [0.15, 0.2) is 0 Å². The minimum atomic E-state index is 0.705. The summed E-state index contributed by atoms with van der Waals surface area (Å²) in [6.07, 6.45) is 30.6. The Morgan fingerprint density at radius 2 is 0.360 bits per heavy atom. The molecule has 0 amide bonds. The van der Waals surface area contributed by atoms with Crippen molar-refractivity contribution in [2.45, 2.75) is 238 Å². The molecule has 8 nitrogen and oxygen atoms in total. The van der Waals surface area contributed by atoms with Crippen LogP contribution < -0.4 is 42.5 Å². The highest BCUT2D eigenvalue weighted by Crippen LogP contribution is 2.53. The Morgan fingerprint density at radius 3 is 0.560 bits per heavy atom. The average molecular weight is 689 g/mol. The Bertz CT molecular complexity index is 1030. The van der Waals surface area contributed by atoms with Gasteiger partial charge in [0.25, 0.3) is 0 Å². The van der Waals surface area contributed by atoms with Crippen LogP contribution in [-0.2, 0) is 0 Å². The van der Waals surface area contributed by atoms with Crippen molar-refractivity contribution < 1.29 is 0 Å². The van der Waals surface area contributed by atoms with Gasteiger partial charge in [-0.1, -0.05) is 0 Å². The second kappa shape index (κ2) is 13.8. The van der Waals surface area contributed by atoms with Gasteiger partial charge in [0.2, 0.25) is 0 Å². The zero-order chi connectivity index (χ0) is 32.8. The molecule has 0 aromatic heterocycles. The van der Waals surface area contributed by atoms with Crippen molar-refractivity contribution in [2.75, 3.05) is 0 Å². The Balaban J connectivity index is 0.847. The second-order valence-corrected chi connectivity index (χ2v) is 20.6. The number of hydrogen-bond donors (Lipinski definition) is 8. The number of nitrogens with one attached hydrogen (secondary N) is 8. The lowest BCUT2D eigenvalue weighted by atomic mass is 9.63. The third kappa shape index (κ3) is 6.58. The van der Waals surface area contributed by atoms with Gasteiger partial charge in [-0.05, 0) is 165 Å². The number of hydrogen-bond acceptors (Lipinski definition) is 8. The minimum Gasteiger partial charge on any atom is -0.311 e. The summed E-state index contributed by atoms with van der Waals surface area (Å²) in [7, 11) is 0. The van der Waals surface area contributed by atoms with Crippen LogP contribution >= 0.6 is 0 Å². The first kappa shape index (κ1) is 33.1. The lowest BCUT2D eigenvalue weighted by molar-refractivity contribution is 0.111. The molecular weight excluding hydrogens is 617 g/mol. The van der Waals surface area contributed by atoms with Gasteiger partial charge in [-0.2, -0.15) is 0 Å². The normalized spacial score (nSPS) is 57.6. The fourth-order valence-electron chi connectivity index (χ4n) is 15.4. The Kier molecular flexibility index (Phi) is 9.10. The molecule has 8 N–H and O–H groups in total. The molecule has 280 valence electrons. The first-order valence-electron chi connectivity index (χ1n) is 22.7. The van der Waals surface area contributed by atoms with E-state index in [0.29, 0.717) is 48.3 Å². The van der Waals surface area contributed by atoms with Crippen LogP contribution in [0.25, 0.3) is 0 Å². The van der Waals surface area contributed by atoms with Crippen LogP contribution in [0.3, 0.4) is 0 Å². The topological polar surface area (TPSA) is 96.2 Å². The van der Waals surface area contributed by atoms with Crippen LogP contribution in [0, 0.1) is 23.7 Å². The molecule has 11 fully saturated rings. The zero-order valence-corrected chi connectivity index (χ0v) is 31.1. The first-order chi connectivity index (χ1) is 24.6. The van der Waals surface area contributed by atoms with E-state index in [-0.39, 0.29) is 0 Å². The minimum absolute atomic E-state index is 0.705. The molecule has 1 saturated carbocycles. The molecule has 10 saturated heterocycles. The van der Waals surface area contributed by atoms with Crippen molar-refractivity contribution in [3.8, 4) is 0 Å². The third-order valence-corrected chi connectivity index (χ3v) is 17.6. The van der Waals surface area contributed by atoms with Crippen LogP contribution in [0.1, 0.15) is 141 Å². The molecule has 10 aliphatic heterocycles. The highest BCUT2D eigenvalue weighted by Gasteiger charge is 2.56. The van der Waals surface area contributed by atoms with Crippen LogP contribution in [0.4, 0.5) is 0 Å². The Hall–Kier alpha value is -0.320. The van der Waals surface area contributed by atoms with Crippen molar-refractivity contribution in [3.05, 3.63) is 0 Å². The van der Waals surface area contributed by atoms with Gasteiger partial charge in [-0.15, -0.1) is 0 Å². The van der Waals surface area contributed by atoms with E-state index in [1.807, 2.05) is 0 Å². The molecule has 0 aromatic carbocycles. The molecule has 11 aliphatic rings. The molecule has 50 heavy (non-hydrogen) atoms. The average Bonchev–Trinajstić information content (AvgIpc) is 3.95. The molecule has 0 aromatic rings. The molecule has 16 bridgehead atoms. The number of fused-ring (bicyclic) bond motifs is 22. The van der Waals surface area contributed by atoms with E-state index in [1.165, 1.54) is 141 Å². The molecule has 10 heterocycles. The zero-order valence-electron chi connectivity index (χ0n) is 31.1. The SMILES string of the molecule is C1CC2CC3CCC(CC4NC(CC5CCC(CC1N2)N5)C1CC2C5CC6CCC(CC7CCC(CC8CCC(CC(N5)C2CC41)N8)N7)N6)N3. The van der Waals surface area contributed by atoms with Gasteiger partial charge < -0.3 is 42.5 Å². The van der Waals surface area contributed by atoms with Gasteiger partial charge in [0.05, 0.1) is 0 Å². The summed E-state index contributed by atoms with van der Waals surface area (Å²) >= 11 is 0. The van der Waals surface area contributed by atoms with E-state index in [2.05, 4.69) is 42.5 Å². The summed E-state index contributed by atoms with van der Waals surface area (Å²) in [5, 5.41) is 34.1. The van der Waals surface area contributed by atoms with Crippen LogP contribution in [0.2, 0.25) is 0 Å². The Labute approximate surface area is 303 Å². The van der Waals surface area contributed by atoms with Gasteiger partial charge >= 0.3 is 0 Å². The van der Waals surface area contributed by atoms with E-state index in [9.17, 15) is 0 Å². The predicted octanol–water partition coefficient (Wildman–Crippen LogP) is 3.80. The third-order valence-electron chi connectivity index (χ3n) is 17.6. The molecule has 1 aliphatic carbocycles. The quantitative estimate of drug-likeness (QED) is 0.195. The largest absolute Gasteiger partial charge is 0.311 e. The maximum absolute atomic E-state index is 4.49. The van der Waals surface area contributed by atoms with E-state index >= 15 is 0 Å². The lowest BCUT2D eigenvalue weighted by Gasteiger charge is -2.41. The maximum Gasteiger partial charge on any atom is 0.0116 e. The number of rotatable bonds is 0. The van der Waals surface area contributed by atoms with Gasteiger partial charge in [-0.25, -0.2) is 0 Å². The molecule has 20 unspecified atom stereocenters. The first-order valence-corrected chi connectivity index (χ1v) is 22.7. The summed E-state index contributed by atoms with van der Waals surface area (Å²) in [4.78, 5) is 0. The van der Waals surface area contributed by atoms with Crippen LogP contribution in [-0.4, -0.2) is 96.7 Å². The molecule has 0 radical (unpaired) electrons. The van der Waals surface area contributed by atoms with E-state index in [4.69, 9.17) is 0 Å². The predicted molar refractivity (Wildman–Crippen MR) is 201 cm³/mol. The van der Waals surface area contributed by atoms with Crippen molar-refractivity contribution in [2.24, 2.45) is 23.7 Å². The van der Waals surface area contributed by atoms with Gasteiger partial charge in [0.1, 0.15) is 0 Å².